The number of hydrogen-bond acceptors (Lipinski definition) is 15. The number of carbonyl (C=O) groups is 4. The van der Waals surface area contributed by atoms with Gasteiger partial charge in [-0.3, -0.25) is 37.3 Å². The second-order valence-electron chi connectivity index (χ2n) is 28.0. The molecule has 98 heavy (non-hydrogen) atoms. The van der Waals surface area contributed by atoms with Crippen LogP contribution in [0, 0.1) is 5.92 Å². The first kappa shape index (κ1) is 95.5. The minimum atomic E-state index is -4.97. The third-order valence-corrected chi connectivity index (χ3v) is 20.2. The van der Waals surface area contributed by atoms with Crippen LogP contribution in [0.15, 0.2) is 24.3 Å². The minimum absolute atomic E-state index is 0.102. The fourth-order valence-electron chi connectivity index (χ4n) is 11.7. The maximum atomic E-state index is 13.1. The number of hydrogen-bond donors (Lipinski definition) is 3. The van der Waals surface area contributed by atoms with E-state index in [1.807, 2.05) is 0 Å². The largest absolute Gasteiger partial charge is 0.472 e. The molecule has 17 nitrogen and oxygen atoms in total. The van der Waals surface area contributed by atoms with E-state index in [2.05, 4.69) is 58.9 Å². The third kappa shape index (κ3) is 70.6. The van der Waals surface area contributed by atoms with Gasteiger partial charge in [-0.1, -0.05) is 341 Å². The lowest BCUT2D eigenvalue weighted by Gasteiger charge is -2.21. The summed E-state index contributed by atoms with van der Waals surface area (Å²) in [6.45, 7) is 7.28. The van der Waals surface area contributed by atoms with Gasteiger partial charge >= 0.3 is 39.5 Å². The van der Waals surface area contributed by atoms with Crippen LogP contribution in [-0.2, 0) is 65.4 Å². The van der Waals surface area contributed by atoms with Crippen LogP contribution in [0.5, 0.6) is 0 Å². The summed E-state index contributed by atoms with van der Waals surface area (Å²) in [5.41, 5.74) is 0. The van der Waals surface area contributed by atoms with Crippen LogP contribution >= 0.6 is 15.6 Å². The van der Waals surface area contributed by atoms with Gasteiger partial charge < -0.3 is 33.8 Å². The van der Waals surface area contributed by atoms with E-state index in [4.69, 9.17) is 37.0 Å². The maximum Gasteiger partial charge on any atom is 0.472 e. The van der Waals surface area contributed by atoms with Gasteiger partial charge in [0.25, 0.3) is 0 Å². The molecule has 0 rings (SSSR count). The van der Waals surface area contributed by atoms with Crippen molar-refractivity contribution in [2.24, 2.45) is 5.92 Å². The quantitative estimate of drug-likeness (QED) is 0.0169. The number of ether oxygens (including phenoxy) is 4. The van der Waals surface area contributed by atoms with Gasteiger partial charge in [-0.05, 0) is 57.3 Å². The van der Waals surface area contributed by atoms with Gasteiger partial charge in [0.2, 0.25) is 0 Å². The van der Waals surface area contributed by atoms with Gasteiger partial charge in [-0.25, -0.2) is 9.13 Å². The van der Waals surface area contributed by atoms with Crippen LogP contribution in [0.25, 0.3) is 0 Å². The van der Waals surface area contributed by atoms with Crippen molar-refractivity contribution in [1.29, 1.82) is 0 Å². The van der Waals surface area contributed by atoms with E-state index in [1.54, 1.807) is 0 Å². The van der Waals surface area contributed by atoms with Gasteiger partial charge in [0.15, 0.2) is 12.2 Å². The lowest BCUT2D eigenvalue weighted by atomic mass is 9.99. The number of rotatable bonds is 77. The molecule has 0 aromatic heterocycles. The Balaban J connectivity index is 5.31. The molecule has 0 amide bonds. The SMILES string of the molecule is CCCCCC/C=C\C=C/CCCCCCCC(=O)OC[C@H](COP(=O)(O)OC[C@@H](O)COP(=O)(O)OC[C@@H](COC(=O)CCCCCCCCCCCCCCC)OC(=O)CCCCCCCCCCCCC(C)CC)OC(=O)CCCCCCCCCCCCCCCCCC. The lowest BCUT2D eigenvalue weighted by molar-refractivity contribution is -0.161. The zero-order chi connectivity index (χ0) is 71.9. The molecule has 0 aliphatic rings. The first-order chi connectivity index (χ1) is 47.6. The number of phosphoric ester groups is 2. The van der Waals surface area contributed by atoms with Crippen molar-refractivity contribution in [3.63, 3.8) is 0 Å². The van der Waals surface area contributed by atoms with Crippen molar-refractivity contribution in [3.8, 4) is 0 Å². The van der Waals surface area contributed by atoms with Crippen LogP contribution < -0.4 is 0 Å². The highest BCUT2D eigenvalue weighted by molar-refractivity contribution is 7.47. The van der Waals surface area contributed by atoms with Crippen molar-refractivity contribution in [2.45, 2.75) is 412 Å². The Morgan fingerprint density at radius 2 is 0.571 bits per heavy atom. The standard InChI is InChI=1S/C79H150O17P2/c1-6-10-13-16-19-22-25-28-30-32-35-38-44-49-54-59-64-78(83)95-74(68-90-77(82)63-58-53-48-43-37-34-31-29-26-23-20-17-14-11-7-2)70-93-97(85,86)91-66-73(80)67-92-98(87,88)94-71-75(69-89-76(81)62-57-52-47-42-36-33-27-24-21-18-15-12-8-3)96-79(84)65-60-55-50-45-40-39-41-46-51-56-61-72(5)9-4/h23,26,29,31,72-75,80H,6-22,24-25,27-28,30,32-71H2,1-5H3,(H,85,86)(H,87,88)/b26-23-,31-29-/t72?,73-,74-,75-/m1/s1. The van der Waals surface area contributed by atoms with Crippen molar-refractivity contribution >= 4 is 39.5 Å². The normalized spacial score (nSPS) is 14.3. The maximum absolute atomic E-state index is 13.1. The van der Waals surface area contributed by atoms with Crippen molar-refractivity contribution in [1.82, 2.24) is 0 Å². The van der Waals surface area contributed by atoms with Crippen LogP contribution in [-0.4, -0.2) is 96.7 Å². The molecule has 0 saturated heterocycles. The zero-order valence-electron chi connectivity index (χ0n) is 63.4. The second-order valence-corrected chi connectivity index (χ2v) is 30.9. The summed E-state index contributed by atoms with van der Waals surface area (Å²) < 4.78 is 68.6. The number of carbonyl (C=O) groups excluding carboxylic acids is 4. The summed E-state index contributed by atoms with van der Waals surface area (Å²) in [6, 6.07) is 0. The topological polar surface area (TPSA) is 237 Å². The predicted octanol–water partition coefficient (Wildman–Crippen LogP) is 23.2. The number of unbranched alkanes of at least 4 members (excludes halogenated alkanes) is 45. The van der Waals surface area contributed by atoms with Gasteiger partial charge in [-0.15, -0.1) is 0 Å². The van der Waals surface area contributed by atoms with E-state index in [-0.39, 0.29) is 25.7 Å². The van der Waals surface area contributed by atoms with E-state index >= 15 is 0 Å². The van der Waals surface area contributed by atoms with E-state index in [0.29, 0.717) is 25.7 Å². The molecule has 0 aliphatic heterocycles. The smallest absolute Gasteiger partial charge is 0.462 e. The van der Waals surface area contributed by atoms with E-state index in [0.717, 1.165) is 115 Å². The van der Waals surface area contributed by atoms with Crippen molar-refractivity contribution in [3.05, 3.63) is 24.3 Å². The summed E-state index contributed by atoms with van der Waals surface area (Å²) in [4.78, 5) is 73.0. The fraction of sp³-hybridized carbons (Fsp3) is 0.899. The zero-order valence-corrected chi connectivity index (χ0v) is 65.2. The van der Waals surface area contributed by atoms with Crippen LogP contribution in [0.3, 0.4) is 0 Å². The van der Waals surface area contributed by atoms with Crippen LogP contribution in [0.2, 0.25) is 0 Å². The Labute approximate surface area is 599 Å². The Bertz CT molecular complexity index is 1970. The summed E-state index contributed by atoms with van der Waals surface area (Å²) in [7, 11) is -9.93. The number of phosphoric acid groups is 2. The van der Waals surface area contributed by atoms with E-state index < -0.39 is 97.5 Å². The molecule has 0 spiro atoms. The molecule has 0 aromatic rings. The summed E-state index contributed by atoms with van der Waals surface area (Å²) >= 11 is 0. The highest BCUT2D eigenvalue weighted by Gasteiger charge is 2.30. The molecule has 0 fully saturated rings. The molecule has 0 heterocycles. The summed E-state index contributed by atoms with van der Waals surface area (Å²) in [5, 5.41) is 10.6. The lowest BCUT2D eigenvalue weighted by Crippen LogP contribution is -2.30. The highest BCUT2D eigenvalue weighted by Crippen LogP contribution is 2.45. The van der Waals surface area contributed by atoms with Gasteiger partial charge in [0, 0.05) is 25.7 Å². The Kier molecular flexibility index (Phi) is 69.7. The summed E-state index contributed by atoms with van der Waals surface area (Å²) in [5.74, 6) is -1.34. The van der Waals surface area contributed by atoms with E-state index in [9.17, 15) is 43.2 Å². The van der Waals surface area contributed by atoms with Crippen LogP contribution in [0.1, 0.15) is 394 Å². The molecule has 0 radical (unpaired) electrons. The first-order valence-electron chi connectivity index (χ1n) is 40.5. The molecule has 0 aliphatic carbocycles. The molecule has 0 saturated carbocycles. The molecule has 0 bridgehead atoms. The van der Waals surface area contributed by atoms with Gasteiger partial charge in [-0.2, -0.15) is 0 Å². The monoisotopic (exact) mass is 1430 g/mol. The molecular weight excluding hydrogens is 1280 g/mol. The molecule has 0 aromatic carbocycles. The predicted molar refractivity (Wildman–Crippen MR) is 400 cm³/mol. The molecule has 6 atom stereocenters. The molecule has 3 N–H and O–H groups in total. The first-order valence-corrected chi connectivity index (χ1v) is 43.5. The Morgan fingerprint density at radius 1 is 0.327 bits per heavy atom. The Hall–Kier alpha value is -2.46. The molecule has 578 valence electrons. The van der Waals surface area contributed by atoms with Crippen molar-refractivity contribution in [2.75, 3.05) is 39.6 Å². The average Bonchev–Trinajstić information content (AvgIpc) is 0.971. The van der Waals surface area contributed by atoms with E-state index in [1.165, 1.54) is 199 Å². The van der Waals surface area contributed by atoms with Crippen molar-refractivity contribution < 1.29 is 80.2 Å². The fourth-order valence-corrected chi connectivity index (χ4v) is 13.2. The molecule has 19 heteroatoms. The van der Waals surface area contributed by atoms with Gasteiger partial charge in [0.05, 0.1) is 26.4 Å². The van der Waals surface area contributed by atoms with Crippen LogP contribution in [0.4, 0.5) is 0 Å². The molecule has 3 unspecified atom stereocenters. The summed E-state index contributed by atoms with van der Waals surface area (Å²) in [6.07, 6.45) is 64.4. The Morgan fingerprint density at radius 3 is 0.867 bits per heavy atom. The minimum Gasteiger partial charge on any atom is -0.462 e. The van der Waals surface area contributed by atoms with Gasteiger partial charge in [0.1, 0.15) is 19.3 Å². The number of aliphatic hydroxyl groups is 1. The highest BCUT2D eigenvalue weighted by atomic mass is 31.2. The second kappa shape index (κ2) is 71.5. The number of esters is 4. The third-order valence-electron chi connectivity index (χ3n) is 18.3. The molecular formula is C79H150O17P2. The number of allylic oxidation sites excluding steroid dienone is 4. The average molecular weight is 1430 g/mol. The number of aliphatic hydroxyl groups excluding tert-OH is 1.